The molecule has 570 valence electrons. The van der Waals surface area contributed by atoms with Crippen LogP contribution in [0.15, 0.2) is 421 Å². The molecule has 4 aliphatic rings. The molecule has 0 atom stereocenters. The van der Waals surface area contributed by atoms with Crippen molar-refractivity contribution in [3.05, 3.63) is 421 Å². The Balaban J connectivity index is 0.000000154. The van der Waals surface area contributed by atoms with Crippen LogP contribution in [0.25, 0.3) is 110 Å². The van der Waals surface area contributed by atoms with Crippen molar-refractivity contribution in [2.45, 2.75) is 7.43 Å². The number of nitrogens with zero attached hydrogens (tertiary/aromatic N) is 8. The van der Waals surface area contributed by atoms with E-state index in [4.69, 9.17) is 0 Å². The van der Waals surface area contributed by atoms with Gasteiger partial charge in [-0.05, 0) is 215 Å². The summed E-state index contributed by atoms with van der Waals surface area (Å²) in [5.74, 6) is 0. The van der Waals surface area contributed by atoms with E-state index < -0.39 is 0 Å². The van der Waals surface area contributed by atoms with Crippen molar-refractivity contribution in [2.24, 2.45) is 0 Å². The van der Waals surface area contributed by atoms with Crippen LogP contribution in [0.5, 0.6) is 0 Å². The quantitative estimate of drug-likeness (QED) is 0.142. The number of fused-ring (bicyclic) bond motifs is 20. The fourth-order valence-electron chi connectivity index (χ4n) is 20.7. The predicted molar refractivity (Wildman–Crippen MR) is 522 cm³/mol. The third kappa shape index (κ3) is 11.3. The summed E-state index contributed by atoms with van der Waals surface area (Å²) in [6.07, 6.45) is 0. The van der Waals surface area contributed by atoms with Crippen LogP contribution in [0.2, 0.25) is 0 Å². The molecule has 0 saturated carbocycles. The molecule has 0 aliphatic carbocycles. The Labute approximate surface area is 767 Å². The molecule has 8 heterocycles. The molecule has 13 heteroatoms. The van der Waals surface area contributed by atoms with Gasteiger partial charge in [-0.2, -0.15) is 0 Å². The van der Waals surface area contributed by atoms with Crippen molar-refractivity contribution < 1.29 is 52.8 Å². The standard InChI is InChI=1S/C66H42BN5.C42H26BBr2N3.CH4.K.H/c1-3-19-43(20-4-1)68-62-37-35-45(70-56-29-13-7-23-48(56)49-24-8-14-30-57(49)70)39-54(62)67-55-40-46(71-58-31-15-9-25-50(58)51-26-10-16-32-59(51)71)36-38-63(55)69(44-21-5-2-6-22-44)65-42-47(41-64(68)66(65)67)72-60-33-17-11-27-52(60)53-28-12-18-34-61(53)72;44-27-19-21-38-34(23-27)43-35-24-28(45)20-22-39(35)47(30-13-5-2-6-14-30)41-26-31(25-40(42(41)43)46(38)29-11-3-1-4-12-29)48-36-17-9-7-15-32(36)33-16-8-10-18-37(33)48;;;/h1-42H;1-26H;1H4;;/q;;;+1;-1. The molecule has 4 aliphatic heterocycles. The zero-order valence-corrected chi connectivity index (χ0v) is 72.0. The van der Waals surface area contributed by atoms with Gasteiger partial charge in [-0.3, -0.25) is 0 Å². The van der Waals surface area contributed by atoms with Crippen LogP contribution in [0, 0.1) is 0 Å². The normalized spacial score (nSPS) is 12.8. The van der Waals surface area contributed by atoms with Crippen molar-refractivity contribution in [2.75, 3.05) is 19.6 Å². The van der Waals surface area contributed by atoms with Gasteiger partial charge in [0.05, 0.1) is 55.5 Å². The summed E-state index contributed by atoms with van der Waals surface area (Å²) in [6, 6.07) is 152. The van der Waals surface area contributed by atoms with Gasteiger partial charge < -0.3 is 39.3 Å². The third-order valence-corrected chi connectivity index (χ3v) is 26.4. The Bertz CT molecular complexity index is 7470. The molecule has 4 aromatic heterocycles. The molecule has 0 N–H and O–H groups in total. The number of halogens is 2. The molecule has 0 fully saturated rings. The maximum absolute atomic E-state index is 3.84. The fraction of sp³-hybridized carbons (Fsp3) is 0.00917. The average molecular weight is 1720 g/mol. The molecule has 8 nitrogen and oxygen atoms in total. The Morgan fingerprint density at radius 3 is 0.615 bits per heavy atom. The van der Waals surface area contributed by atoms with E-state index in [1.165, 1.54) is 143 Å². The van der Waals surface area contributed by atoms with E-state index in [9.17, 15) is 0 Å². The summed E-state index contributed by atoms with van der Waals surface area (Å²) in [7, 11) is 0. The molecule has 0 unspecified atom stereocenters. The molecule has 26 rings (SSSR count). The molecule has 0 bridgehead atoms. The monoisotopic (exact) mass is 1710 g/mol. The minimum Gasteiger partial charge on any atom is -1.00 e. The van der Waals surface area contributed by atoms with Crippen molar-refractivity contribution in [1.29, 1.82) is 0 Å². The summed E-state index contributed by atoms with van der Waals surface area (Å²) in [4.78, 5) is 9.98. The van der Waals surface area contributed by atoms with Gasteiger partial charge >= 0.3 is 51.4 Å². The van der Waals surface area contributed by atoms with E-state index in [0.29, 0.717) is 0 Å². The van der Waals surface area contributed by atoms with Crippen molar-refractivity contribution >= 4 is 234 Å². The van der Waals surface area contributed by atoms with Gasteiger partial charge in [0.1, 0.15) is 0 Å². The number of hydrogen-bond acceptors (Lipinski definition) is 4. The smallest absolute Gasteiger partial charge is 1.00 e. The number of rotatable bonds is 8. The third-order valence-electron chi connectivity index (χ3n) is 25.4. The Kier molecular flexibility index (Phi) is 17.9. The number of hydrogen-bond donors (Lipinski definition) is 0. The van der Waals surface area contributed by atoms with Gasteiger partial charge in [-0.25, -0.2) is 0 Å². The average Bonchev–Trinajstić information content (AvgIpc) is 1.19. The number of para-hydroxylation sites is 12. The first-order valence-electron chi connectivity index (χ1n) is 41.0. The number of aromatic nitrogens is 4. The Morgan fingerprint density at radius 1 is 0.180 bits per heavy atom. The zero-order valence-electron chi connectivity index (χ0n) is 66.7. The van der Waals surface area contributed by atoms with E-state index in [0.717, 1.165) is 77.2 Å². The Morgan fingerprint density at radius 2 is 0.377 bits per heavy atom. The molecule has 22 aromatic rings. The summed E-state index contributed by atoms with van der Waals surface area (Å²) in [5.41, 5.74) is 35.5. The summed E-state index contributed by atoms with van der Waals surface area (Å²) in [6.45, 7) is -0.115. The Hall–Kier alpha value is -12.9. The minimum atomic E-state index is -0.145. The van der Waals surface area contributed by atoms with Crippen LogP contribution < -0.4 is 104 Å². The second-order valence-corrected chi connectivity index (χ2v) is 33.5. The molecular formula is C109H73B2Br2KN8. The first-order valence-corrected chi connectivity index (χ1v) is 42.6. The molecule has 0 amide bonds. The minimum absolute atomic E-state index is 0. The van der Waals surface area contributed by atoms with E-state index in [2.05, 4.69) is 482 Å². The van der Waals surface area contributed by atoms with Crippen LogP contribution in [0.1, 0.15) is 8.85 Å². The largest absolute Gasteiger partial charge is 1.00 e. The topological polar surface area (TPSA) is 32.7 Å². The van der Waals surface area contributed by atoms with Crippen LogP contribution in [-0.2, 0) is 0 Å². The zero-order chi connectivity index (χ0) is 79.0. The molecule has 0 saturated heterocycles. The molecular weight excluding hydrogens is 1640 g/mol. The van der Waals surface area contributed by atoms with E-state index >= 15 is 0 Å². The second-order valence-electron chi connectivity index (χ2n) is 31.7. The van der Waals surface area contributed by atoms with E-state index in [1.54, 1.807) is 0 Å². The van der Waals surface area contributed by atoms with E-state index in [1.807, 2.05) is 0 Å². The first-order chi connectivity index (χ1) is 59.4. The molecule has 122 heavy (non-hydrogen) atoms. The number of anilines is 12. The summed E-state index contributed by atoms with van der Waals surface area (Å²) >= 11 is 7.69. The number of benzene rings is 18. The van der Waals surface area contributed by atoms with Crippen LogP contribution in [-0.4, -0.2) is 31.7 Å². The fourth-order valence-corrected chi connectivity index (χ4v) is 21.4. The second kappa shape index (κ2) is 29.5. The van der Waals surface area contributed by atoms with Crippen molar-refractivity contribution in [1.82, 2.24) is 18.3 Å². The maximum Gasteiger partial charge on any atom is 1.00 e. The van der Waals surface area contributed by atoms with Gasteiger partial charge in [0, 0.05) is 132 Å². The maximum atomic E-state index is 3.84. The van der Waals surface area contributed by atoms with Gasteiger partial charge in [-0.1, -0.05) is 270 Å². The van der Waals surface area contributed by atoms with Crippen LogP contribution in [0.4, 0.5) is 68.2 Å². The van der Waals surface area contributed by atoms with Crippen LogP contribution in [0.3, 0.4) is 0 Å². The van der Waals surface area contributed by atoms with Gasteiger partial charge in [-0.15, -0.1) is 0 Å². The molecule has 0 radical (unpaired) electrons. The van der Waals surface area contributed by atoms with Gasteiger partial charge in [0.25, 0.3) is 13.4 Å². The molecule has 18 aromatic carbocycles. The van der Waals surface area contributed by atoms with Gasteiger partial charge in [0.15, 0.2) is 0 Å². The van der Waals surface area contributed by atoms with Crippen molar-refractivity contribution in [3.63, 3.8) is 0 Å². The summed E-state index contributed by atoms with van der Waals surface area (Å²) in [5, 5.41) is 9.98. The first kappa shape index (κ1) is 74.2. The van der Waals surface area contributed by atoms with Crippen molar-refractivity contribution in [3.8, 4) is 22.7 Å². The van der Waals surface area contributed by atoms with Crippen LogP contribution >= 0.6 is 31.9 Å². The SMILES string of the molecule is Brc1ccc2c(c1)B1c3cc(Br)ccc3N(c3ccccc3)c3cc(-n4c5ccccc5c5ccccc54)cc(c31)N2c1ccccc1.C.[H-].[K+].c1ccc(N2c3ccc(-n4c5ccccc5c5ccccc54)cc3B3c4cc(-n5c6ccccc6c6ccccc65)ccc4N(c4ccccc4)c4cc(-n5c6ccccc6c6ccccc65)cc2c43)cc1. The summed E-state index contributed by atoms with van der Waals surface area (Å²) < 4.78 is 12.0. The molecule has 0 spiro atoms. The van der Waals surface area contributed by atoms with Gasteiger partial charge in [0.2, 0.25) is 0 Å². The predicted octanol–water partition coefficient (Wildman–Crippen LogP) is 23.2. The van der Waals surface area contributed by atoms with E-state index in [-0.39, 0.29) is 73.7 Å².